The number of rotatable bonds is 5. The lowest BCUT2D eigenvalue weighted by molar-refractivity contribution is -0.383. The van der Waals surface area contributed by atoms with Crippen molar-refractivity contribution in [1.29, 1.82) is 0 Å². The zero-order valence-electron chi connectivity index (χ0n) is 21.6. The van der Waals surface area contributed by atoms with Gasteiger partial charge >= 0.3 is 12.4 Å². The van der Waals surface area contributed by atoms with E-state index in [1.165, 1.54) is 21.9 Å². The zero-order chi connectivity index (χ0) is 29.7. The third kappa shape index (κ3) is 10.4. The maximum Gasteiger partial charge on any atom is 0.401 e. The summed E-state index contributed by atoms with van der Waals surface area (Å²) >= 11 is 0. The first kappa shape index (κ1) is 33.5. The van der Waals surface area contributed by atoms with Crippen LogP contribution >= 0.6 is 0 Å². The van der Waals surface area contributed by atoms with Crippen molar-refractivity contribution < 1.29 is 31.3 Å². The predicted octanol–water partition coefficient (Wildman–Crippen LogP) is 4.03. The minimum absolute atomic E-state index is 0. The van der Waals surface area contributed by atoms with E-state index in [9.17, 15) is 36.5 Å². The summed E-state index contributed by atoms with van der Waals surface area (Å²) < 4.78 is 73.7. The van der Waals surface area contributed by atoms with Gasteiger partial charge in [0.25, 0.3) is 5.69 Å². The van der Waals surface area contributed by atoms with Crippen LogP contribution in [0.25, 0.3) is 0 Å². The number of nitro groups is 1. The first-order chi connectivity index (χ1) is 18.6. The lowest BCUT2D eigenvalue weighted by Crippen LogP contribution is -2.49. The number of benzene rings is 2. The Bertz CT molecular complexity index is 1150. The van der Waals surface area contributed by atoms with Gasteiger partial charge in [0, 0.05) is 69.8 Å². The minimum atomic E-state index is -4.19. The fourth-order valence-corrected chi connectivity index (χ4v) is 4.50. The number of nitrogens with zero attached hydrogens (tertiary/aromatic N) is 5. The highest BCUT2D eigenvalue weighted by Gasteiger charge is 2.33. The smallest absolute Gasteiger partial charge is 0.397 e. The largest absolute Gasteiger partial charge is 0.401 e. The van der Waals surface area contributed by atoms with Gasteiger partial charge in [-0.15, -0.1) is 0 Å². The second kappa shape index (κ2) is 13.8. The molecule has 230 valence electrons. The number of hydrogen-bond donors (Lipinski definition) is 3. The molecule has 0 unspecified atom stereocenters. The molecule has 0 saturated carbocycles. The minimum Gasteiger partial charge on any atom is -0.397 e. The molecule has 2 fully saturated rings. The molecule has 0 aromatic heterocycles. The van der Waals surface area contributed by atoms with Crippen molar-refractivity contribution >= 4 is 34.1 Å². The van der Waals surface area contributed by atoms with Crippen molar-refractivity contribution in [2.75, 3.05) is 92.4 Å². The number of nitrogens with two attached hydrogens (primary N) is 3. The van der Waals surface area contributed by atoms with E-state index in [-0.39, 0.29) is 31.9 Å². The molecule has 0 aliphatic carbocycles. The monoisotopic (exact) mass is 594 g/mol. The van der Waals surface area contributed by atoms with E-state index in [1.807, 2.05) is 15.9 Å². The molecule has 6 N–H and O–H groups in total. The quantitative estimate of drug-likeness (QED) is 0.203. The second-order valence-electron chi connectivity index (χ2n) is 9.57. The van der Waals surface area contributed by atoms with E-state index in [4.69, 9.17) is 17.2 Å². The highest BCUT2D eigenvalue weighted by Crippen LogP contribution is 2.28. The van der Waals surface area contributed by atoms with Crippen molar-refractivity contribution in [3.8, 4) is 0 Å². The van der Waals surface area contributed by atoms with Crippen LogP contribution in [0.4, 0.5) is 60.5 Å². The molecule has 0 bridgehead atoms. The Morgan fingerprint density at radius 1 is 0.659 bits per heavy atom. The molecular formula is C25H36F6N8O2. The van der Waals surface area contributed by atoms with Crippen molar-refractivity contribution in [1.82, 2.24) is 9.80 Å². The van der Waals surface area contributed by atoms with E-state index in [0.717, 1.165) is 5.69 Å². The molecule has 2 aliphatic heterocycles. The molecule has 0 spiro atoms. The van der Waals surface area contributed by atoms with Crippen LogP contribution in [0.2, 0.25) is 0 Å². The summed E-state index contributed by atoms with van der Waals surface area (Å²) in [7, 11) is 0. The van der Waals surface area contributed by atoms with Crippen LogP contribution in [0.3, 0.4) is 0 Å². The third-order valence-corrected chi connectivity index (χ3v) is 6.56. The molecule has 2 heterocycles. The Kier molecular flexibility index (Phi) is 11.3. The van der Waals surface area contributed by atoms with E-state index >= 15 is 0 Å². The van der Waals surface area contributed by atoms with Gasteiger partial charge in [-0.2, -0.15) is 26.3 Å². The van der Waals surface area contributed by atoms with Crippen molar-refractivity contribution in [2.45, 2.75) is 19.8 Å². The third-order valence-electron chi connectivity index (χ3n) is 6.56. The van der Waals surface area contributed by atoms with E-state index in [2.05, 4.69) is 0 Å². The Hall–Kier alpha value is -3.66. The SMILES string of the molecule is C.Nc1cc(N2CCN(CC(F)(F)F)CC2)ccc1[N+](=O)[O-].Nc1ccc(N2CCN(CC(F)(F)F)CC2)cc1N. The van der Waals surface area contributed by atoms with Crippen LogP contribution in [0, 0.1) is 10.1 Å². The average molecular weight is 595 g/mol. The van der Waals surface area contributed by atoms with E-state index < -0.39 is 30.4 Å². The summed E-state index contributed by atoms with van der Waals surface area (Å²) in [5.41, 5.74) is 19.4. The van der Waals surface area contributed by atoms with Crippen LogP contribution in [-0.2, 0) is 0 Å². The van der Waals surface area contributed by atoms with Gasteiger partial charge in [0.2, 0.25) is 0 Å². The van der Waals surface area contributed by atoms with Crippen LogP contribution in [0.15, 0.2) is 36.4 Å². The fourth-order valence-electron chi connectivity index (χ4n) is 4.50. The average Bonchev–Trinajstić information content (AvgIpc) is 2.85. The molecule has 2 saturated heterocycles. The van der Waals surface area contributed by atoms with Crippen LogP contribution < -0.4 is 27.0 Å². The van der Waals surface area contributed by atoms with Gasteiger partial charge in [0.05, 0.1) is 29.4 Å². The number of halogens is 6. The first-order valence-corrected chi connectivity index (χ1v) is 12.4. The first-order valence-electron chi connectivity index (χ1n) is 12.4. The fraction of sp³-hybridized carbons (Fsp3) is 0.520. The number of nitro benzene ring substituents is 1. The highest BCUT2D eigenvalue weighted by molar-refractivity contribution is 5.70. The Morgan fingerprint density at radius 2 is 1.05 bits per heavy atom. The lowest BCUT2D eigenvalue weighted by atomic mass is 10.2. The van der Waals surface area contributed by atoms with Crippen LogP contribution in [0.5, 0.6) is 0 Å². The van der Waals surface area contributed by atoms with Gasteiger partial charge < -0.3 is 27.0 Å². The van der Waals surface area contributed by atoms with E-state index in [0.29, 0.717) is 56.3 Å². The normalized spacial score (nSPS) is 16.9. The van der Waals surface area contributed by atoms with Gasteiger partial charge in [-0.3, -0.25) is 19.9 Å². The topological polar surface area (TPSA) is 134 Å². The summed E-state index contributed by atoms with van der Waals surface area (Å²) in [6.45, 7) is 1.56. The second-order valence-corrected chi connectivity index (χ2v) is 9.57. The Labute approximate surface area is 234 Å². The molecule has 0 amide bonds. The molecular weight excluding hydrogens is 558 g/mol. The van der Waals surface area contributed by atoms with Crippen LogP contribution in [0.1, 0.15) is 7.43 Å². The molecule has 4 rings (SSSR count). The van der Waals surface area contributed by atoms with Gasteiger partial charge in [-0.1, -0.05) is 7.43 Å². The molecule has 2 aromatic rings. The van der Waals surface area contributed by atoms with Crippen LogP contribution in [-0.4, -0.2) is 92.5 Å². The standard InChI is InChI=1S/C12H15F3N4O2.C12H17F3N4.CH4/c13-12(14,15)8-17-3-5-18(6-4-17)9-1-2-11(19(20)21)10(16)7-9;13-12(14,15)8-18-3-5-19(6-4-18)9-1-2-10(16)11(17)7-9;/h1-2,7H,3-6,8,16H2;1-2,7H,3-6,8,16-17H2;1H4. The molecule has 41 heavy (non-hydrogen) atoms. The summed E-state index contributed by atoms with van der Waals surface area (Å²) in [6.07, 6.45) is -8.33. The van der Waals surface area contributed by atoms with Gasteiger partial charge in [0.1, 0.15) is 5.69 Å². The summed E-state index contributed by atoms with van der Waals surface area (Å²) in [4.78, 5) is 16.8. The molecule has 10 nitrogen and oxygen atoms in total. The van der Waals surface area contributed by atoms with Gasteiger partial charge in [0.15, 0.2) is 0 Å². The zero-order valence-corrected chi connectivity index (χ0v) is 21.6. The summed E-state index contributed by atoms with van der Waals surface area (Å²) in [5.74, 6) is 0. The molecule has 16 heteroatoms. The van der Waals surface area contributed by atoms with Gasteiger partial charge in [-0.05, 0) is 30.3 Å². The number of hydrogen-bond acceptors (Lipinski definition) is 9. The lowest BCUT2D eigenvalue weighted by Gasteiger charge is -2.36. The Morgan fingerprint density at radius 3 is 1.39 bits per heavy atom. The van der Waals surface area contributed by atoms with E-state index in [1.54, 1.807) is 18.2 Å². The Balaban J connectivity index is 0.000000281. The molecule has 0 atom stereocenters. The number of nitrogen functional groups attached to an aromatic ring is 3. The van der Waals surface area contributed by atoms with Crippen molar-refractivity contribution in [3.63, 3.8) is 0 Å². The van der Waals surface area contributed by atoms with Crippen molar-refractivity contribution in [3.05, 3.63) is 46.5 Å². The maximum atomic E-state index is 12.3. The molecule has 2 aliphatic rings. The number of anilines is 5. The predicted molar refractivity (Wildman–Crippen MR) is 149 cm³/mol. The maximum absolute atomic E-state index is 12.3. The van der Waals surface area contributed by atoms with Crippen molar-refractivity contribution in [2.24, 2.45) is 0 Å². The summed E-state index contributed by atoms with van der Waals surface area (Å²) in [6, 6.07) is 9.67. The summed E-state index contributed by atoms with van der Waals surface area (Å²) in [5, 5.41) is 10.7. The highest BCUT2D eigenvalue weighted by atomic mass is 19.4. The van der Waals surface area contributed by atoms with Gasteiger partial charge in [-0.25, -0.2) is 0 Å². The molecule has 2 aromatic carbocycles. The number of piperazine rings is 2. The number of alkyl halides is 6. The molecule has 0 radical (unpaired) electrons.